The Bertz CT molecular complexity index is 736. The van der Waals surface area contributed by atoms with Crippen LogP contribution in [0.4, 0.5) is 14.9 Å². The topological polar surface area (TPSA) is 41.6 Å². The highest BCUT2D eigenvalue weighted by molar-refractivity contribution is 6.31. The molecule has 6 heteroatoms. The average molecular weight is 349 g/mol. The average Bonchev–Trinajstić information content (AvgIpc) is 3.08. The summed E-state index contributed by atoms with van der Waals surface area (Å²) in [6.45, 7) is 0.678. The van der Waals surface area contributed by atoms with Crippen LogP contribution in [0.3, 0.4) is 0 Å². The first-order chi connectivity index (χ1) is 11.6. The fraction of sp³-hybridized carbons (Fsp3) is 0.278. The summed E-state index contributed by atoms with van der Waals surface area (Å²) in [7, 11) is 1.62. The molecule has 0 unspecified atom stereocenters. The molecule has 0 saturated carbocycles. The number of carbonyl (C=O) groups is 1. The molecule has 0 aromatic heterocycles. The molecule has 1 heterocycles. The van der Waals surface area contributed by atoms with Gasteiger partial charge in [0.2, 0.25) is 0 Å². The number of nitrogens with zero attached hydrogens (tertiary/aromatic N) is 1. The van der Waals surface area contributed by atoms with Crippen LogP contribution >= 0.6 is 11.6 Å². The molecular weight excluding hydrogens is 331 g/mol. The minimum atomic E-state index is -0.507. The van der Waals surface area contributed by atoms with Crippen molar-refractivity contribution in [2.45, 2.75) is 18.9 Å². The maximum atomic E-state index is 13.2. The number of rotatable bonds is 3. The van der Waals surface area contributed by atoms with Crippen LogP contribution in [0.2, 0.25) is 5.02 Å². The third-order valence-corrected chi connectivity index (χ3v) is 4.47. The SMILES string of the molecule is COc1ccc([C@@H]2CCCN2C(=O)Nc2ccc(F)c(Cl)c2)cc1. The van der Waals surface area contributed by atoms with E-state index in [0.29, 0.717) is 12.2 Å². The first-order valence-electron chi connectivity index (χ1n) is 7.75. The lowest BCUT2D eigenvalue weighted by atomic mass is 10.0. The minimum Gasteiger partial charge on any atom is -0.497 e. The second kappa shape index (κ2) is 7.09. The Balaban J connectivity index is 1.74. The van der Waals surface area contributed by atoms with E-state index in [9.17, 15) is 9.18 Å². The van der Waals surface area contributed by atoms with E-state index in [4.69, 9.17) is 16.3 Å². The third-order valence-electron chi connectivity index (χ3n) is 4.19. The Kier molecular flexibility index (Phi) is 4.90. The van der Waals surface area contributed by atoms with Gasteiger partial charge in [0.1, 0.15) is 11.6 Å². The molecule has 0 bridgehead atoms. The molecule has 1 saturated heterocycles. The number of anilines is 1. The molecule has 1 fully saturated rings. The number of methoxy groups -OCH3 is 1. The lowest BCUT2D eigenvalue weighted by Crippen LogP contribution is -2.34. The molecule has 2 aromatic carbocycles. The highest BCUT2D eigenvalue weighted by Gasteiger charge is 2.30. The molecule has 3 rings (SSSR count). The summed E-state index contributed by atoms with van der Waals surface area (Å²) in [5.74, 6) is 0.278. The van der Waals surface area contributed by atoms with Crippen LogP contribution in [0, 0.1) is 5.82 Å². The fourth-order valence-electron chi connectivity index (χ4n) is 2.95. The summed E-state index contributed by atoms with van der Waals surface area (Å²) < 4.78 is 18.4. The molecule has 1 aliphatic heterocycles. The van der Waals surface area contributed by atoms with Crippen LogP contribution in [-0.2, 0) is 0 Å². The Morgan fingerprint density at radius 2 is 2.04 bits per heavy atom. The van der Waals surface area contributed by atoms with E-state index in [1.165, 1.54) is 18.2 Å². The number of nitrogens with one attached hydrogen (secondary N) is 1. The van der Waals surface area contributed by atoms with E-state index < -0.39 is 5.82 Å². The van der Waals surface area contributed by atoms with Gasteiger partial charge in [-0.05, 0) is 48.7 Å². The molecule has 126 valence electrons. The van der Waals surface area contributed by atoms with Crippen molar-refractivity contribution >= 4 is 23.3 Å². The van der Waals surface area contributed by atoms with Gasteiger partial charge in [-0.25, -0.2) is 9.18 Å². The molecular formula is C18H18ClFN2O2. The lowest BCUT2D eigenvalue weighted by molar-refractivity contribution is 0.207. The maximum Gasteiger partial charge on any atom is 0.322 e. The zero-order valence-electron chi connectivity index (χ0n) is 13.3. The van der Waals surface area contributed by atoms with E-state index in [-0.39, 0.29) is 17.1 Å². The zero-order valence-corrected chi connectivity index (χ0v) is 14.0. The Morgan fingerprint density at radius 1 is 1.29 bits per heavy atom. The summed E-state index contributed by atoms with van der Waals surface area (Å²) in [5, 5.41) is 2.77. The van der Waals surface area contributed by atoms with Crippen LogP contribution in [0.25, 0.3) is 0 Å². The second-order valence-corrected chi connectivity index (χ2v) is 6.09. The van der Waals surface area contributed by atoms with Gasteiger partial charge in [-0.15, -0.1) is 0 Å². The molecule has 1 aliphatic rings. The number of ether oxygens (including phenoxy) is 1. The monoisotopic (exact) mass is 348 g/mol. The normalized spacial score (nSPS) is 17.0. The molecule has 4 nitrogen and oxygen atoms in total. The first kappa shape index (κ1) is 16.6. The minimum absolute atomic E-state index is 0.0130. The van der Waals surface area contributed by atoms with E-state index in [2.05, 4.69) is 5.32 Å². The van der Waals surface area contributed by atoms with Gasteiger partial charge in [0.15, 0.2) is 0 Å². The summed E-state index contributed by atoms with van der Waals surface area (Å²) in [5.41, 5.74) is 1.55. The highest BCUT2D eigenvalue weighted by Crippen LogP contribution is 2.33. The van der Waals surface area contributed by atoms with E-state index >= 15 is 0 Å². The van der Waals surface area contributed by atoms with Gasteiger partial charge in [-0.3, -0.25) is 0 Å². The molecule has 24 heavy (non-hydrogen) atoms. The summed E-state index contributed by atoms with van der Waals surface area (Å²) in [6.07, 6.45) is 1.85. The molecule has 0 aliphatic carbocycles. The Hall–Kier alpha value is -2.27. The number of carbonyl (C=O) groups excluding carboxylic acids is 1. The third kappa shape index (κ3) is 3.46. The molecule has 1 N–H and O–H groups in total. The van der Waals surface area contributed by atoms with Gasteiger partial charge in [0.05, 0.1) is 18.2 Å². The van der Waals surface area contributed by atoms with Gasteiger partial charge >= 0.3 is 6.03 Å². The van der Waals surface area contributed by atoms with Crippen LogP contribution in [-0.4, -0.2) is 24.6 Å². The maximum absolute atomic E-state index is 13.2. The van der Waals surface area contributed by atoms with Crippen LogP contribution in [0.1, 0.15) is 24.4 Å². The summed E-state index contributed by atoms with van der Waals surface area (Å²) in [4.78, 5) is 14.4. The van der Waals surface area contributed by atoms with Crippen LogP contribution < -0.4 is 10.1 Å². The zero-order chi connectivity index (χ0) is 17.1. The van der Waals surface area contributed by atoms with Crippen molar-refractivity contribution in [3.8, 4) is 5.75 Å². The number of likely N-dealkylation sites (tertiary alicyclic amines) is 1. The van der Waals surface area contributed by atoms with E-state index in [1.807, 2.05) is 24.3 Å². The Morgan fingerprint density at radius 3 is 2.71 bits per heavy atom. The smallest absolute Gasteiger partial charge is 0.322 e. The van der Waals surface area contributed by atoms with Crippen molar-refractivity contribution in [2.24, 2.45) is 0 Å². The number of amides is 2. The summed E-state index contributed by atoms with van der Waals surface area (Å²) in [6, 6.07) is 11.7. The second-order valence-electron chi connectivity index (χ2n) is 5.68. The predicted octanol–water partition coefficient (Wildman–Crippen LogP) is 4.86. The number of hydrogen-bond acceptors (Lipinski definition) is 2. The van der Waals surface area contributed by atoms with Gasteiger partial charge in [0, 0.05) is 12.2 Å². The van der Waals surface area contributed by atoms with E-state index in [0.717, 1.165) is 24.2 Å². The molecule has 2 aromatic rings. The lowest BCUT2D eigenvalue weighted by Gasteiger charge is -2.25. The number of benzene rings is 2. The van der Waals surface area contributed by atoms with Gasteiger partial charge < -0.3 is 15.0 Å². The predicted molar refractivity (Wildman–Crippen MR) is 92.1 cm³/mol. The Labute approximate surface area is 145 Å². The highest BCUT2D eigenvalue weighted by atomic mass is 35.5. The quantitative estimate of drug-likeness (QED) is 0.860. The van der Waals surface area contributed by atoms with Crippen molar-refractivity contribution in [3.63, 3.8) is 0 Å². The molecule has 0 spiro atoms. The summed E-state index contributed by atoms with van der Waals surface area (Å²) >= 11 is 5.76. The first-order valence-corrected chi connectivity index (χ1v) is 8.13. The number of urea groups is 1. The standard InChI is InChI=1S/C18H18ClFN2O2/c1-24-14-7-4-12(5-8-14)17-3-2-10-22(17)18(23)21-13-6-9-16(20)15(19)11-13/h4-9,11,17H,2-3,10H2,1H3,(H,21,23)/t17-/m0/s1. The van der Waals surface area contributed by atoms with Crippen molar-refractivity contribution in [2.75, 3.05) is 19.0 Å². The van der Waals surface area contributed by atoms with Crippen molar-refractivity contribution < 1.29 is 13.9 Å². The van der Waals surface area contributed by atoms with Gasteiger partial charge in [-0.1, -0.05) is 23.7 Å². The van der Waals surface area contributed by atoms with Crippen molar-refractivity contribution in [1.82, 2.24) is 4.90 Å². The van der Waals surface area contributed by atoms with Gasteiger partial charge in [-0.2, -0.15) is 0 Å². The number of halogens is 2. The number of hydrogen-bond donors (Lipinski definition) is 1. The van der Waals surface area contributed by atoms with Crippen molar-refractivity contribution in [3.05, 3.63) is 58.9 Å². The van der Waals surface area contributed by atoms with Gasteiger partial charge in [0.25, 0.3) is 0 Å². The van der Waals surface area contributed by atoms with Crippen LogP contribution in [0.15, 0.2) is 42.5 Å². The molecule has 0 radical (unpaired) electrons. The molecule has 2 amide bonds. The fourth-order valence-corrected chi connectivity index (χ4v) is 3.13. The largest absolute Gasteiger partial charge is 0.497 e. The van der Waals surface area contributed by atoms with E-state index in [1.54, 1.807) is 12.0 Å². The van der Waals surface area contributed by atoms with Crippen molar-refractivity contribution in [1.29, 1.82) is 0 Å². The molecule has 1 atom stereocenters. The van der Waals surface area contributed by atoms with Crippen LogP contribution in [0.5, 0.6) is 5.75 Å².